The van der Waals surface area contributed by atoms with Gasteiger partial charge in [-0.3, -0.25) is 0 Å². The summed E-state index contributed by atoms with van der Waals surface area (Å²) in [6, 6.07) is 10.3. The van der Waals surface area contributed by atoms with Gasteiger partial charge in [0, 0.05) is 46.5 Å². The van der Waals surface area contributed by atoms with Gasteiger partial charge in [-0.15, -0.1) is 0 Å². The van der Waals surface area contributed by atoms with Gasteiger partial charge in [-0.25, -0.2) is 0 Å². The highest BCUT2D eigenvalue weighted by molar-refractivity contribution is 6.62. The monoisotopic (exact) mass is 298 g/mol. The average Bonchev–Trinajstić information content (AvgIpc) is 2.50. The molecule has 0 aromatic heterocycles. The zero-order chi connectivity index (χ0) is 14.8. The quantitative estimate of drug-likeness (QED) is 0.499. The Morgan fingerprint density at radius 3 is 2.20 bits per heavy atom. The van der Waals surface area contributed by atoms with Gasteiger partial charge in [-0.1, -0.05) is 30.3 Å². The first-order valence-corrected chi connectivity index (χ1v) is 8.62. The van der Waals surface area contributed by atoms with Crippen molar-refractivity contribution in [3.8, 4) is 0 Å². The molecular formula is C14H26N2O3Si. The first-order chi connectivity index (χ1) is 9.72. The van der Waals surface area contributed by atoms with Crippen LogP contribution in [0.5, 0.6) is 0 Å². The number of nitrogens with two attached hydrogens (primary N) is 1. The van der Waals surface area contributed by atoms with Crippen LogP contribution < -0.4 is 11.1 Å². The molecule has 0 radical (unpaired) electrons. The van der Waals surface area contributed by atoms with Crippen LogP contribution in [0.15, 0.2) is 30.3 Å². The molecule has 0 spiro atoms. The highest BCUT2D eigenvalue weighted by Crippen LogP contribution is 2.27. The minimum absolute atomic E-state index is 0.149. The van der Waals surface area contributed by atoms with E-state index in [0.29, 0.717) is 6.54 Å². The van der Waals surface area contributed by atoms with Crippen molar-refractivity contribution in [1.82, 2.24) is 5.32 Å². The van der Waals surface area contributed by atoms with E-state index in [-0.39, 0.29) is 5.54 Å². The van der Waals surface area contributed by atoms with Crippen LogP contribution in [-0.2, 0) is 19.7 Å². The highest BCUT2D eigenvalue weighted by atomic mass is 28.4. The van der Waals surface area contributed by atoms with Gasteiger partial charge < -0.3 is 24.3 Å². The molecule has 0 aliphatic rings. The molecule has 1 aromatic rings. The molecule has 20 heavy (non-hydrogen) atoms. The van der Waals surface area contributed by atoms with Crippen molar-refractivity contribution in [2.45, 2.75) is 12.0 Å². The molecule has 0 aliphatic heterocycles. The number of hydrogen-bond donors (Lipinski definition) is 2. The second-order valence-corrected chi connectivity index (χ2v) is 7.84. The molecule has 0 saturated heterocycles. The molecule has 0 saturated carbocycles. The summed E-state index contributed by atoms with van der Waals surface area (Å²) < 4.78 is 16.9. The molecule has 6 heteroatoms. The number of nitrogens with one attached hydrogen (secondary N) is 1. The molecule has 1 atom stereocenters. The van der Waals surface area contributed by atoms with Crippen LogP contribution in [0.25, 0.3) is 0 Å². The Labute approximate surface area is 122 Å². The van der Waals surface area contributed by atoms with Gasteiger partial charge in [0.2, 0.25) is 0 Å². The Morgan fingerprint density at radius 1 is 1.10 bits per heavy atom. The van der Waals surface area contributed by atoms with Crippen molar-refractivity contribution < 1.29 is 13.3 Å². The van der Waals surface area contributed by atoms with E-state index in [1.165, 1.54) is 5.56 Å². The Kier molecular flexibility index (Phi) is 7.97. The van der Waals surface area contributed by atoms with E-state index >= 15 is 0 Å². The van der Waals surface area contributed by atoms with Gasteiger partial charge in [0.05, 0.1) is 0 Å². The second kappa shape index (κ2) is 9.22. The summed E-state index contributed by atoms with van der Waals surface area (Å²) in [5.74, 6) is 0. The summed E-state index contributed by atoms with van der Waals surface area (Å²) in [6.45, 7) is 2.14. The fraction of sp³-hybridized carbons (Fsp3) is 0.571. The fourth-order valence-electron chi connectivity index (χ4n) is 2.35. The third-order valence-corrected chi connectivity index (χ3v) is 6.51. The summed E-state index contributed by atoms with van der Waals surface area (Å²) in [5.41, 5.74) is 6.92. The standard InChI is InChI=1S/C14H26N2O3Si/c1-17-20(18-2,19-3)14(12-16-10-9-15)11-13-7-5-4-6-8-13/h4-8,14,16H,9-12,15H2,1-3H3. The average molecular weight is 298 g/mol. The van der Waals surface area contributed by atoms with Crippen molar-refractivity contribution >= 4 is 8.80 Å². The normalized spacial score (nSPS) is 13.4. The van der Waals surface area contributed by atoms with Crippen molar-refractivity contribution in [2.75, 3.05) is 41.0 Å². The smallest absolute Gasteiger partial charge is 0.377 e. The number of hydrogen-bond acceptors (Lipinski definition) is 5. The van der Waals surface area contributed by atoms with Gasteiger partial charge in [0.1, 0.15) is 0 Å². The third-order valence-electron chi connectivity index (χ3n) is 3.39. The largest absolute Gasteiger partial charge is 0.505 e. The van der Waals surface area contributed by atoms with Crippen molar-refractivity contribution in [2.24, 2.45) is 5.73 Å². The molecule has 1 aromatic carbocycles. The Balaban J connectivity index is 2.83. The molecule has 3 N–H and O–H groups in total. The van der Waals surface area contributed by atoms with Crippen molar-refractivity contribution in [3.05, 3.63) is 35.9 Å². The molecule has 0 heterocycles. The third kappa shape index (κ3) is 4.66. The lowest BCUT2D eigenvalue weighted by Gasteiger charge is -2.32. The maximum Gasteiger partial charge on any atom is 0.505 e. The van der Waals surface area contributed by atoms with Crippen LogP contribution in [0.3, 0.4) is 0 Å². The van der Waals surface area contributed by atoms with E-state index in [4.69, 9.17) is 19.0 Å². The van der Waals surface area contributed by atoms with E-state index in [2.05, 4.69) is 17.4 Å². The molecular weight excluding hydrogens is 272 g/mol. The minimum atomic E-state index is -2.68. The first-order valence-electron chi connectivity index (χ1n) is 6.82. The molecule has 5 nitrogen and oxygen atoms in total. The molecule has 0 fully saturated rings. The van der Waals surface area contributed by atoms with E-state index in [1.807, 2.05) is 18.2 Å². The van der Waals surface area contributed by atoms with Crippen LogP contribution >= 0.6 is 0 Å². The maximum absolute atomic E-state index is 5.62. The van der Waals surface area contributed by atoms with Gasteiger partial charge >= 0.3 is 8.80 Å². The summed E-state index contributed by atoms with van der Waals surface area (Å²) in [4.78, 5) is 0. The Hall–Kier alpha value is -0.763. The van der Waals surface area contributed by atoms with Gasteiger partial charge in [0.25, 0.3) is 0 Å². The Bertz CT molecular complexity index is 352. The lowest BCUT2D eigenvalue weighted by molar-refractivity contribution is 0.110. The van der Waals surface area contributed by atoms with E-state index < -0.39 is 8.80 Å². The first kappa shape index (κ1) is 17.3. The van der Waals surface area contributed by atoms with Gasteiger partial charge in [-0.05, 0) is 12.0 Å². The highest BCUT2D eigenvalue weighted by Gasteiger charge is 2.46. The molecule has 0 bridgehead atoms. The molecule has 0 amide bonds. The molecule has 1 unspecified atom stereocenters. The lowest BCUT2D eigenvalue weighted by Crippen LogP contribution is -2.51. The van der Waals surface area contributed by atoms with E-state index in [9.17, 15) is 0 Å². The SMILES string of the molecule is CO[Si](OC)(OC)C(CNCCN)Cc1ccccc1. The Morgan fingerprint density at radius 2 is 1.70 bits per heavy atom. The summed E-state index contributed by atoms with van der Waals surface area (Å²) in [5, 5.41) is 3.33. The van der Waals surface area contributed by atoms with Gasteiger partial charge in [-0.2, -0.15) is 0 Å². The molecule has 114 valence electrons. The predicted molar refractivity (Wildman–Crippen MR) is 82.6 cm³/mol. The molecule has 0 aliphatic carbocycles. The van der Waals surface area contributed by atoms with E-state index in [0.717, 1.165) is 19.5 Å². The summed E-state index contributed by atoms with van der Waals surface area (Å²) >= 11 is 0. The summed E-state index contributed by atoms with van der Waals surface area (Å²) in [6.07, 6.45) is 0.847. The zero-order valence-corrected chi connectivity index (χ0v) is 13.6. The maximum atomic E-state index is 5.62. The van der Waals surface area contributed by atoms with E-state index in [1.54, 1.807) is 21.3 Å². The van der Waals surface area contributed by atoms with Crippen LogP contribution in [0, 0.1) is 0 Å². The molecule has 1 rings (SSSR count). The van der Waals surface area contributed by atoms with Crippen molar-refractivity contribution in [1.29, 1.82) is 0 Å². The topological polar surface area (TPSA) is 65.7 Å². The van der Waals surface area contributed by atoms with Crippen LogP contribution in [0.1, 0.15) is 5.56 Å². The zero-order valence-electron chi connectivity index (χ0n) is 12.6. The number of benzene rings is 1. The van der Waals surface area contributed by atoms with Crippen LogP contribution in [0.2, 0.25) is 5.54 Å². The fourth-order valence-corrected chi connectivity index (χ4v) is 4.73. The number of rotatable bonds is 10. The van der Waals surface area contributed by atoms with Gasteiger partial charge in [0.15, 0.2) is 0 Å². The second-order valence-electron chi connectivity index (χ2n) is 4.60. The predicted octanol–water partition coefficient (Wildman–Crippen LogP) is 1.03. The summed E-state index contributed by atoms with van der Waals surface area (Å²) in [7, 11) is 2.28. The minimum Gasteiger partial charge on any atom is -0.377 e. The van der Waals surface area contributed by atoms with Crippen LogP contribution in [-0.4, -0.2) is 49.8 Å². The lowest BCUT2D eigenvalue weighted by atomic mass is 10.1. The van der Waals surface area contributed by atoms with Crippen LogP contribution in [0.4, 0.5) is 0 Å². The van der Waals surface area contributed by atoms with Crippen molar-refractivity contribution in [3.63, 3.8) is 0 Å².